The van der Waals surface area contributed by atoms with Gasteiger partial charge in [0.15, 0.2) is 11.7 Å². The number of hydrogen-bond acceptors (Lipinski definition) is 1. The highest BCUT2D eigenvalue weighted by atomic mass is 15.1. The van der Waals surface area contributed by atoms with E-state index in [9.17, 15) is 0 Å². The monoisotopic (exact) mass is 561 g/mol. The standard InChI is InChI=1S/C41H41N2/c1-4-15-33(5-2)41(6-3)29-32-25-26-34(28-37(32)38-22-11-12-27-42(38)41)43(39-23-13-18-30-16-7-9-20-35(30)39)40-24-14-19-31-17-8-10-21-36(31)40/h7-14,16-28,33H,4-6,15,29H2,1-3H3/q+1. The molecule has 0 N–H and O–H groups in total. The van der Waals surface area contributed by atoms with Gasteiger partial charge in [-0.05, 0) is 59.5 Å². The normalized spacial score (nSPS) is 16.5. The van der Waals surface area contributed by atoms with E-state index >= 15 is 0 Å². The van der Waals surface area contributed by atoms with Gasteiger partial charge in [0.2, 0.25) is 5.69 Å². The number of anilines is 3. The molecule has 5 aromatic carbocycles. The molecule has 1 aromatic heterocycles. The first-order chi connectivity index (χ1) is 21.2. The second-order valence-corrected chi connectivity index (χ2v) is 12.2. The van der Waals surface area contributed by atoms with Gasteiger partial charge in [-0.15, -0.1) is 0 Å². The quantitative estimate of drug-likeness (QED) is 0.168. The summed E-state index contributed by atoms with van der Waals surface area (Å²) in [5.74, 6) is 0.643. The molecular weight excluding hydrogens is 520 g/mol. The first-order valence-electron chi connectivity index (χ1n) is 16.1. The maximum absolute atomic E-state index is 2.64. The Morgan fingerprint density at radius 2 is 1.33 bits per heavy atom. The Balaban J connectivity index is 1.47. The average molecular weight is 562 g/mol. The van der Waals surface area contributed by atoms with Crippen molar-refractivity contribution < 1.29 is 4.57 Å². The van der Waals surface area contributed by atoms with Crippen molar-refractivity contribution in [2.45, 2.75) is 58.4 Å². The molecule has 0 fully saturated rings. The number of pyridine rings is 1. The second kappa shape index (κ2) is 11.3. The zero-order chi connectivity index (χ0) is 29.4. The van der Waals surface area contributed by atoms with Crippen LogP contribution in [0.1, 0.15) is 52.0 Å². The summed E-state index contributed by atoms with van der Waals surface area (Å²) in [6.07, 6.45) is 8.23. The Morgan fingerprint density at radius 3 is 1.95 bits per heavy atom. The molecule has 6 aromatic rings. The van der Waals surface area contributed by atoms with Crippen molar-refractivity contribution in [3.8, 4) is 11.3 Å². The lowest BCUT2D eigenvalue weighted by Gasteiger charge is -2.39. The largest absolute Gasteiger partial charge is 0.309 e. The molecule has 1 aliphatic rings. The number of hydrogen-bond donors (Lipinski definition) is 0. The molecule has 0 amide bonds. The van der Waals surface area contributed by atoms with Crippen LogP contribution in [0.5, 0.6) is 0 Å². The number of fused-ring (bicyclic) bond motifs is 5. The summed E-state index contributed by atoms with van der Waals surface area (Å²) < 4.78 is 2.64. The minimum Gasteiger partial charge on any atom is -0.309 e. The summed E-state index contributed by atoms with van der Waals surface area (Å²) in [4.78, 5) is 2.48. The van der Waals surface area contributed by atoms with Crippen molar-refractivity contribution in [2.24, 2.45) is 5.92 Å². The molecule has 0 bridgehead atoms. The Morgan fingerprint density at radius 1 is 0.698 bits per heavy atom. The smallest absolute Gasteiger partial charge is 0.213 e. The van der Waals surface area contributed by atoms with E-state index in [1.165, 1.54) is 74.7 Å². The predicted octanol–water partition coefficient (Wildman–Crippen LogP) is 10.9. The van der Waals surface area contributed by atoms with Crippen molar-refractivity contribution in [1.29, 1.82) is 0 Å². The van der Waals surface area contributed by atoms with Gasteiger partial charge in [0.05, 0.1) is 16.9 Å². The van der Waals surface area contributed by atoms with Gasteiger partial charge in [0.1, 0.15) is 0 Å². The number of aromatic nitrogens is 1. The van der Waals surface area contributed by atoms with Gasteiger partial charge >= 0.3 is 0 Å². The summed E-state index contributed by atoms with van der Waals surface area (Å²) in [7, 11) is 0. The summed E-state index contributed by atoms with van der Waals surface area (Å²) in [5, 5.41) is 5.00. The van der Waals surface area contributed by atoms with Crippen molar-refractivity contribution in [3.63, 3.8) is 0 Å². The minimum absolute atomic E-state index is 0.0980. The molecule has 0 spiro atoms. The van der Waals surface area contributed by atoms with Crippen LogP contribution in [0.3, 0.4) is 0 Å². The molecule has 0 aliphatic carbocycles. The van der Waals surface area contributed by atoms with E-state index in [1.54, 1.807) is 0 Å². The van der Waals surface area contributed by atoms with Crippen LogP contribution < -0.4 is 9.47 Å². The van der Waals surface area contributed by atoms with Crippen LogP contribution in [0.15, 0.2) is 128 Å². The van der Waals surface area contributed by atoms with E-state index < -0.39 is 0 Å². The lowest BCUT2D eigenvalue weighted by Crippen LogP contribution is -2.64. The molecule has 7 rings (SSSR count). The minimum atomic E-state index is 0.0980. The zero-order valence-electron chi connectivity index (χ0n) is 25.6. The molecule has 2 heteroatoms. The lowest BCUT2D eigenvalue weighted by molar-refractivity contribution is -0.766. The Kier molecular flexibility index (Phi) is 7.23. The average Bonchev–Trinajstić information content (AvgIpc) is 3.07. The second-order valence-electron chi connectivity index (χ2n) is 12.2. The van der Waals surface area contributed by atoms with E-state index in [4.69, 9.17) is 0 Å². The molecule has 2 atom stereocenters. The van der Waals surface area contributed by atoms with E-state index in [0.717, 1.165) is 12.8 Å². The molecule has 43 heavy (non-hydrogen) atoms. The summed E-state index contributed by atoms with van der Waals surface area (Å²) >= 11 is 0. The Hall–Kier alpha value is -4.43. The van der Waals surface area contributed by atoms with E-state index in [-0.39, 0.29) is 5.54 Å². The van der Waals surface area contributed by atoms with Crippen molar-refractivity contribution in [1.82, 2.24) is 0 Å². The molecule has 0 saturated heterocycles. The van der Waals surface area contributed by atoms with Crippen LogP contribution in [0, 0.1) is 5.92 Å². The number of nitrogens with zero attached hydrogens (tertiary/aromatic N) is 2. The van der Waals surface area contributed by atoms with Crippen LogP contribution in [-0.2, 0) is 12.0 Å². The van der Waals surface area contributed by atoms with E-state index in [1.807, 2.05) is 0 Å². The fourth-order valence-electron chi connectivity index (χ4n) is 7.90. The fourth-order valence-corrected chi connectivity index (χ4v) is 7.90. The molecule has 2 heterocycles. The third-order valence-corrected chi connectivity index (χ3v) is 9.98. The molecule has 2 nitrogen and oxygen atoms in total. The number of rotatable bonds is 8. The highest BCUT2D eigenvalue weighted by Crippen LogP contribution is 2.46. The van der Waals surface area contributed by atoms with Crippen LogP contribution >= 0.6 is 0 Å². The van der Waals surface area contributed by atoms with Crippen LogP contribution in [0.25, 0.3) is 32.8 Å². The van der Waals surface area contributed by atoms with Gasteiger partial charge in [-0.25, -0.2) is 0 Å². The van der Waals surface area contributed by atoms with E-state index in [0.29, 0.717) is 5.92 Å². The van der Waals surface area contributed by atoms with Crippen molar-refractivity contribution in [2.75, 3.05) is 4.90 Å². The molecule has 2 unspecified atom stereocenters. The predicted molar refractivity (Wildman–Crippen MR) is 182 cm³/mol. The van der Waals surface area contributed by atoms with E-state index in [2.05, 4.69) is 158 Å². The third kappa shape index (κ3) is 4.52. The number of benzene rings is 5. The molecule has 0 radical (unpaired) electrons. The van der Waals surface area contributed by atoms with Crippen molar-refractivity contribution >= 4 is 38.6 Å². The molecular formula is C41H41N2+. The maximum atomic E-state index is 2.64. The van der Waals surface area contributed by atoms with Gasteiger partial charge in [-0.3, -0.25) is 0 Å². The third-order valence-electron chi connectivity index (χ3n) is 9.98. The summed E-state index contributed by atoms with van der Waals surface area (Å²) in [6.45, 7) is 7.11. The van der Waals surface area contributed by atoms with Crippen LogP contribution in [-0.4, -0.2) is 0 Å². The Bertz CT molecular complexity index is 1830. The van der Waals surface area contributed by atoms with Crippen LogP contribution in [0.2, 0.25) is 0 Å². The highest BCUT2D eigenvalue weighted by Gasteiger charge is 2.49. The topological polar surface area (TPSA) is 7.12 Å². The first-order valence-corrected chi connectivity index (χ1v) is 16.1. The molecule has 1 aliphatic heterocycles. The van der Waals surface area contributed by atoms with Gasteiger partial charge in [-0.2, -0.15) is 4.57 Å². The Labute approximate surface area is 256 Å². The highest BCUT2D eigenvalue weighted by molar-refractivity contribution is 6.04. The van der Waals surface area contributed by atoms with Gasteiger partial charge in [0, 0.05) is 47.4 Å². The lowest BCUT2D eigenvalue weighted by atomic mass is 9.70. The van der Waals surface area contributed by atoms with Gasteiger partial charge in [0.25, 0.3) is 0 Å². The maximum Gasteiger partial charge on any atom is 0.213 e. The zero-order valence-corrected chi connectivity index (χ0v) is 25.6. The van der Waals surface area contributed by atoms with Gasteiger partial charge in [-0.1, -0.05) is 106 Å². The van der Waals surface area contributed by atoms with Crippen molar-refractivity contribution in [3.05, 3.63) is 133 Å². The fraction of sp³-hybridized carbons (Fsp3) is 0.244. The summed E-state index contributed by atoms with van der Waals surface area (Å²) in [5.41, 5.74) is 7.82. The molecule has 0 saturated carbocycles. The SMILES string of the molecule is CCCC(CC)C1(CC)Cc2ccc(N(c3cccc4ccccc34)c3cccc4ccccc34)cc2-c2cccc[n+]21. The summed E-state index contributed by atoms with van der Waals surface area (Å²) in [6, 6.07) is 44.8. The molecule has 214 valence electrons. The van der Waals surface area contributed by atoms with Crippen LogP contribution in [0.4, 0.5) is 17.1 Å². The van der Waals surface area contributed by atoms with Gasteiger partial charge < -0.3 is 4.90 Å². The first kappa shape index (κ1) is 27.4.